The van der Waals surface area contributed by atoms with E-state index in [2.05, 4.69) is 60.3 Å². The van der Waals surface area contributed by atoms with Gasteiger partial charge in [-0.1, -0.05) is 56.3 Å². The van der Waals surface area contributed by atoms with Crippen molar-refractivity contribution in [2.75, 3.05) is 25.2 Å². The number of aliphatic hydroxyl groups is 1. The third-order valence-corrected chi connectivity index (χ3v) is 11.4. The molecule has 4 aromatic rings. The van der Waals surface area contributed by atoms with Gasteiger partial charge < -0.3 is 15.4 Å². The number of aliphatic imine (C=N–C) groups is 1. The molecule has 5 rings (SSSR count). The van der Waals surface area contributed by atoms with E-state index in [1.165, 1.54) is 11.8 Å². The van der Waals surface area contributed by atoms with Crippen molar-refractivity contribution in [3.8, 4) is 0 Å². The van der Waals surface area contributed by atoms with E-state index in [1.54, 1.807) is 19.3 Å². The fraction of sp³-hybridized carbons (Fsp3) is 0.417. The van der Waals surface area contributed by atoms with E-state index in [0.29, 0.717) is 22.8 Å². The summed E-state index contributed by atoms with van der Waals surface area (Å²) in [7, 11) is 1.80. The van der Waals surface area contributed by atoms with E-state index >= 15 is 4.39 Å². The van der Waals surface area contributed by atoms with Crippen LogP contribution in [0.1, 0.15) is 68.8 Å². The van der Waals surface area contributed by atoms with Crippen LogP contribution < -0.4 is 5.32 Å². The molecule has 0 unspecified atom stereocenters. The maximum absolute atomic E-state index is 15.7. The number of nitrogens with zero attached hydrogens (tertiary/aromatic N) is 2. The number of aromatic nitrogens is 2. The number of aryl methyl sites for hydroxylation is 2. The fourth-order valence-electron chi connectivity index (χ4n) is 6.05. The predicted octanol–water partition coefficient (Wildman–Crippen LogP) is 8.17. The molecule has 2 aromatic carbocycles. The van der Waals surface area contributed by atoms with Crippen LogP contribution in [0.2, 0.25) is 0 Å². The highest BCUT2D eigenvalue weighted by molar-refractivity contribution is 7.99. The predicted molar refractivity (Wildman–Crippen MR) is 188 cm³/mol. The third kappa shape index (κ3) is 7.81. The number of benzene rings is 2. The second-order valence-corrected chi connectivity index (χ2v) is 15.0. The number of fused-ring (bicyclic) bond motifs is 5. The number of aromatic amines is 1. The fourth-order valence-corrected chi connectivity index (χ4v) is 8.27. The molecule has 4 N–H and O–H groups in total. The van der Waals surface area contributed by atoms with E-state index in [-0.39, 0.29) is 23.7 Å². The van der Waals surface area contributed by atoms with Crippen LogP contribution in [-0.4, -0.2) is 51.9 Å². The quantitative estimate of drug-likeness (QED) is 0.180. The number of nitrogens with one attached hydrogen (secondary N) is 3. The molecule has 0 amide bonds. The number of thioether (sulfide) groups is 1. The highest BCUT2D eigenvalue weighted by atomic mass is 32.2. The number of hydrogen-bond donors (Lipinski definition) is 4. The first kappa shape index (κ1) is 33.2. The lowest BCUT2D eigenvalue weighted by Gasteiger charge is -2.32. The van der Waals surface area contributed by atoms with E-state index in [4.69, 9.17) is 4.99 Å². The Balaban J connectivity index is 1.58. The zero-order valence-corrected chi connectivity index (χ0v) is 28.3. The van der Waals surface area contributed by atoms with E-state index in [0.717, 1.165) is 76.1 Å². The minimum atomic E-state index is -0.623. The van der Waals surface area contributed by atoms with Gasteiger partial charge in [-0.05, 0) is 96.9 Å². The molecule has 2 aromatic heterocycles. The Kier molecular flexibility index (Phi) is 10.7. The van der Waals surface area contributed by atoms with Gasteiger partial charge in [-0.3, -0.25) is 10.4 Å². The lowest BCUT2D eigenvalue weighted by atomic mass is 9.75. The smallest absolute Gasteiger partial charge is 0.153 e. The topological polar surface area (TPSA) is 97.1 Å². The van der Waals surface area contributed by atoms with Crippen molar-refractivity contribution in [2.24, 2.45) is 10.4 Å². The van der Waals surface area contributed by atoms with Gasteiger partial charge in [0.15, 0.2) is 5.84 Å². The van der Waals surface area contributed by atoms with Crippen LogP contribution in [-0.2, 0) is 18.3 Å². The first-order valence-corrected chi connectivity index (χ1v) is 17.7. The van der Waals surface area contributed by atoms with E-state index in [1.807, 2.05) is 36.2 Å². The van der Waals surface area contributed by atoms with Crippen molar-refractivity contribution >= 4 is 46.1 Å². The molecule has 0 fully saturated rings. The zero-order chi connectivity index (χ0) is 32.0. The molecule has 6 nitrogen and oxygen atoms in total. The standard InChI is InChI=1S/C36H44FN5OS2/c1-35(2)14-7-15-36(3,25-10-5-8-24(20-25)9-6-18-43)34(38)42-33(39-4)31-21-26(11-16-41-31)45-32-28(13-19-44-23-35)27-12-17-40-30(27)22-29(32)37/h5,8,10-12,16-17,20-22,40,43H,6-7,9,13-15,18-19,23H2,1-4H3,(H2,38,39,42)/t36-/m1/s1. The van der Waals surface area contributed by atoms with Crippen molar-refractivity contribution in [2.45, 2.75) is 74.5 Å². The first-order valence-electron chi connectivity index (χ1n) is 15.7. The zero-order valence-electron chi connectivity index (χ0n) is 26.7. The number of halogens is 1. The van der Waals surface area contributed by atoms with Gasteiger partial charge in [0.25, 0.3) is 0 Å². The lowest BCUT2D eigenvalue weighted by Crippen LogP contribution is -2.34. The number of hydrogen-bond acceptors (Lipinski definition) is 6. The Bertz CT molecular complexity index is 1680. The van der Waals surface area contributed by atoms with Crippen molar-refractivity contribution in [3.63, 3.8) is 0 Å². The molecule has 3 heterocycles. The number of H-pyrrole nitrogens is 1. The average Bonchev–Trinajstić information content (AvgIpc) is 3.49. The van der Waals surface area contributed by atoms with Crippen molar-refractivity contribution < 1.29 is 9.50 Å². The van der Waals surface area contributed by atoms with Crippen LogP contribution in [0.25, 0.3) is 10.9 Å². The number of aliphatic hydroxyl groups excluding tert-OH is 1. The summed E-state index contributed by atoms with van der Waals surface area (Å²) in [6, 6.07) is 15.9. The minimum absolute atomic E-state index is 0.103. The Morgan fingerprint density at radius 3 is 2.76 bits per heavy atom. The Hall–Kier alpha value is -3.14. The second kappa shape index (κ2) is 14.5. The van der Waals surface area contributed by atoms with E-state index < -0.39 is 5.41 Å². The Morgan fingerprint density at radius 2 is 1.96 bits per heavy atom. The van der Waals surface area contributed by atoms with Crippen LogP contribution in [0.5, 0.6) is 0 Å². The normalized spacial score (nSPS) is 20.9. The summed E-state index contributed by atoms with van der Waals surface area (Å²) in [5.41, 5.74) is 4.15. The molecule has 45 heavy (non-hydrogen) atoms. The maximum Gasteiger partial charge on any atom is 0.153 e. The van der Waals surface area contributed by atoms with Crippen LogP contribution in [0.4, 0.5) is 4.39 Å². The molecule has 1 atom stereocenters. The summed E-state index contributed by atoms with van der Waals surface area (Å²) in [6.45, 7) is 6.91. The third-order valence-electron chi connectivity index (χ3n) is 8.75. The Labute approximate surface area is 274 Å². The SMILES string of the molecule is CN/C1=N\C(=N)[C@@](C)(c2cccc(CCCO)c2)CCCC(C)(C)CSCCc2c(c(F)cc3[nH]ccc23)Sc2ccnc1c2. The second-order valence-electron chi connectivity index (χ2n) is 12.8. The molecular formula is C36H44FN5OS2. The van der Waals surface area contributed by atoms with E-state index in [9.17, 15) is 10.5 Å². The highest BCUT2D eigenvalue weighted by Gasteiger charge is 2.33. The molecule has 0 aliphatic carbocycles. The van der Waals surface area contributed by atoms with Crippen molar-refractivity contribution in [1.82, 2.24) is 15.3 Å². The summed E-state index contributed by atoms with van der Waals surface area (Å²) < 4.78 is 15.7. The van der Waals surface area contributed by atoms with Crippen LogP contribution in [0.15, 0.2) is 75.7 Å². The summed E-state index contributed by atoms with van der Waals surface area (Å²) in [5.74, 6) is 2.45. The highest BCUT2D eigenvalue weighted by Crippen LogP contribution is 2.39. The minimum Gasteiger partial charge on any atom is -0.396 e. The van der Waals surface area contributed by atoms with Gasteiger partial charge in [0.2, 0.25) is 0 Å². The number of rotatable bonds is 4. The van der Waals surface area contributed by atoms with Gasteiger partial charge in [0.1, 0.15) is 17.3 Å². The molecule has 2 bridgehead atoms. The summed E-state index contributed by atoms with van der Waals surface area (Å²) in [4.78, 5) is 14.2. The molecule has 0 saturated heterocycles. The number of amidine groups is 2. The van der Waals surface area contributed by atoms with Gasteiger partial charge >= 0.3 is 0 Å². The van der Waals surface area contributed by atoms with Crippen molar-refractivity contribution in [1.29, 1.82) is 5.41 Å². The molecule has 1 aliphatic heterocycles. The largest absolute Gasteiger partial charge is 0.396 e. The maximum atomic E-state index is 15.7. The van der Waals surface area contributed by atoms with Crippen LogP contribution in [0, 0.1) is 16.6 Å². The van der Waals surface area contributed by atoms with Gasteiger partial charge in [-0.15, -0.1) is 0 Å². The molecule has 0 saturated carbocycles. The summed E-state index contributed by atoms with van der Waals surface area (Å²) >= 11 is 3.35. The molecule has 1 aliphatic rings. The monoisotopic (exact) mass is 645 g/mol. The van der Waals surface area contributed by atoms with Gasteiger partial charge in [0, 0.05) is 41.8 Å². The van der Waals surface area contributed by atoms with Crippen LogP contribution in [0.3, 0.4) is 0 Å². The number of pyridine rings is 1. The van der Waals surface area contributed by atoms with Gasteiger partial charge in [-0.25, -0.2) is 9.38 Å². The first-order chi connectivity index (χ1) is 21.6. The van der Waals surface area contributed by atoms with Crippen molar-refractivity contribution in [3.05, 3.63) is 89.1 Å². The molecular weight excluding hydrogens is 602 g/mol. The Morgan fingerprint density at radius 1 is 1.11 bits per heavy atom. The summed E-state index contributed by atoms with van der Waals surface area (Å²) in [6.07, 6.45) is 8.62. The average molecular weight is 646 g/mol. The molecule has 0 radical (unpaired) electrons. The molecule has 238 valence electrons. The molecule has 0 spiro atoms. The van der Waals surface area contributed by atoms with Gasteiger partial charge in [-0.2, -0.15) is 11.8 Å². The molecule has 9 heteroatoms. The lowest BCUT2D eigenvalue weighted by molar-refractivity contribution is 0.288. The van der Waals surface area contributed by atoms with Crippen LogP contribution >= 0.6 is 23.5 Å². The summed E-state index contributed by atoms with van der Waals surface area (Å²) in [5, 5.41) is 23.0. The van der Waals surface area contributed by atoms with Gasteiger partial charge in [0.05, 0.1) is 10.3 Å².